The van der Waals surface area contributed by atoms with Gasteiger partial charge in [0.25, 0.3) is 0 Å². The number of esters is 1. The summed E-state index contributed by atoms with van der Waals surface area (Å²) in [6.07, 6.45) is 1.43. The van der Waals surface area contributed by atoms with Crippen molar-refractivity contribution in [2.45, 2.75) is 13.5 Å². The fourth-order valence-corrected chi connectivity index (χ4v) is 2.60. The monoisotopic (exact) mass is 416 g/mol. The van der Waals surface area contributed by atoms with E-state index in [0.717, 1.165) is 11.3 Å². The Morgan fingerprint density at radius 2 is 1.90 bits per heavy atom. The molecule has 0 atom stereocenters. The number of nitrogens with one attached hydrogen (secondary N) is 1. The van der Waals surface area contributed by atoms with E-state index >= 15 is 0 Å². The Morgan fingerprint density at radius 3 is 2.58 bits per heavy atom. The summed E-state index contributed by atoms with van der Waals surface area (Å²) in [5, 5.41) is 12.4. The number of ether oxygens (including phenoxy) is 2. The van der Waals surface area contributed by atoms with Gasteiger partial charge in [-0.3, -0.25) is 0 Å². The van der Waals surface area contributed by atoms with Crippen LogP contribution in [0.2, 0.25) is 0 Å². The van der Waals surface area contributed by atoms with Crippen molar-refractivity contribution in [1.29, 1.82) is 5.26 Å². The van der Waals surface area contributed by atoms with Crippen LogP contribution in [0.3, 0.4) is 0 Å². The SMILES string of the molecule is COc1ccc(/C=C(\C#N)C(=O)OCc2nc(N)nc(Nc3ccccc3C)n2)cc1. The predicted molar refractivity (Wildman–Crippen MR) is 115 cm³/mol. The molecule has 0 amide bonds. The average molecular weight is 416 g/mol. The third kappa shape index (κ3) is 5.77. The highest BCUT2D eigenvalue weighted by Crippen LogP contribution is 2.18. The molecule has 1 aromatic heterocycles. The zero-order valence-corrected chi connectivity index (χ0v) is 17.0. The van der Waals surface area contributed by atoms with Gasteiger partial charge in [-0.25, -0.2) is 4.79 Å². The van der Waals surface area contributed by atoms with Gasteiger partial charge < -0.3 is 20.5 Å². The number of carbonyl (C=O) groups excluding carboxylic acids is 1. The molecular weight excluding hydrogens is 396 g/mol. The summed E-state index contributed by atoms with van der Waals surface area (Å²) >= 11 is 0. The highest BCUT2D eigenvalue weighted by molar-refractivity contribution is 5.97. The standard InChI is InChI=1S/C22H20N6O3/c1-14-5-3-4-6-18(14)25-22-27-19(26-21(24)28-22)13-31-20(29)16(12-23)11-15-7-9-17(30-2)10-8-15/h3-11H,13H2,1-2H3,(H3,24,25,26,27,28)/b16-11+. The van der Waals surface area contributed by atoms with Crippen LogP contribution in [0.4, 0.5) is 17.6 Å². The molecular formula is C22H20N6O3. The number of para-hydroxylation sites is 1. The third-order valence-electron chi connectivity index (χ3n) is 4.19. The zero-order chi connectivity index (χ0) is 22.2. The molecule has 0 bridgehead atoms. The van der Waals surface area contributed by atoms with E-state index in [0.29, 0.717) is 11.3 Å². The molecule has 3 rings (SSSR count). The molecule has 3 aromatic rings. The number of methoxy groups -OCH3 is 1. The molecule has 156 valence electrons. The Bertz CT molecular complexity index is 1150. The van der Waals surface area contributed by atoms with E-state index in [1.807, 2.05) is 37.3 Å². The van der Waals surface area contributed by atoms with Crippen LogP contribution in [0.25, 0.3) is 6.08 Å². The van der Waals surface area contributed by atoms with Gasteiger partial charge in [-0.2, -0.15) is 20.2 Å². The molecule has 3 N–H and O–H groups in total. The van der Waals surface area contributed by atoms with E-state index in [9.17, 15) is 10.1 Å². The first-order valence-electron chi connectivity index (χ1n) is 9.24. The van der Waals surface area contributed by atoms with Crippen LogP contribution in [0.1, 0.15) is 17.0 Å². The summed E-state index contributed by atoms with van der Waals surface area (Å²) in [5.41, 5.74) is 8.05. The van der Waals surface area contributed by atoms with Crippen LogP contribution >= 0.6 is 0 Å². The maximum absolute atomic E-state index is 12.3. The van der Waals surface area contributed by atoms with Gasteiger partial charge in [0, 0.05) is 5.69 Å². The normalized spacial score (nSPS) is 10.8. The van der Waals surface area contributed by atoms with Gasteiger partial charge in [-0.05, 0) is 42.3 Å². The first-order chi connectivity index (χ1) is 15.0. The highest BCUT2D eigenvalue weighted by Gasteiger charge is 2.13. The molecule has 31 heavy (non-hydrogen) atoms. The first-order valence-corrected chi connectivity index (χ1v) is 9.24. The number of nitrogens with zero attached hydrogens (tertiary/aromatic N) is 4. The van der Waals surface area contributed by atoms with E-state index < -0.39 is 5.97 Å². The molecule has 0 saturated heterocycles. The van der Waals surface area contributed by atoms with E-state index in [1.165, 1.54) is 6.08 Å². The van der Waals surface area contributed by atoms with Crippen LogP contribution < -0.4 is 15.8 Å². The van der Waals surface area contributed by atoms with E-state index in [-0.39, 0.29) is 29.9 Å². The second kappa shape index (κ2) is 9.84. The minimum absolute atomic E-state index is 0.0218. The van der Waals surface area contributed by atoms with Crippen molar-refractivity contribution in [3.05, 3.63) is 71.1 Å². The highest BCUT2D eigenvalue weighted by atomic mass is 16.5. The molecule has 0 radical (unpaired) electrons. The van der Waals surface area contributed by atoms with Crippen LogP contribution in [0, 0.1) is 18.3 Å². The second-order valence-corrected chi connectivity index (χ2v) is 6.39. The molecule has 9 heteroatoms. The molecule has 1 heterocycles. The molecule has 0 unspecified atom stereocenters. The molecule has 0 aliphatic heterocycles. The number of hydrogen-bond acceptors (Lipinski definition) is 9. The smallest absolute Gasteiger partial charge is 0.349 e. The van der Waals surface area contributed by atoms with Crippen LogP contribution in [0.15, 0.2) is 54.1 Å². The lowest BCUT2D eigenvalue weighted by Crippen LogP contribution is -2.12. The number of aromatic nitrogens is 3. The molecule has 0 aliphatic carbocycles. The number of carbonyl (C=O) groups is 1. The fourth-order valence-electron chi connectivity index (χ4n) is 2.60. The molecule has 0 aliphatic rings. The first kappa shape index (κ1) is 21.3. The fraction of sp³-hybridized carbons (Fsp3) is 0.136. The van der Waals surface area contributed by atoms with Crippen LogP contribution in [-0.4, -0.2) is 28.0 Å². The van der Waals surface area contributed by atoms with Gasteiger partial charge in [0.05, 0.1) is 7.11 Å². The molecule has 0 saturated carbocycles. The number of hydrogen-bond donors (Lipinski definition) is 2. The second-order valence-electron chi connectivity index (χ2n) is 6.39. The molecule has 0 spiro atoms. The quantitative estimate of drug-likeness (QED) is 0.338. The van der Waals surface area contributed by atoms with Crippen molar-refractivity contribution in [2.24, 2.45) is 0 Å². The number of nitrogens with two attached hydrogens (primary N) is 1. The van der Waals surface area contributed by atoms with Crippen molar-refractivity contribution in [1.82, 2.24) is 15.0 Å². The van der Waals surface area contributed by atoms with Crippen molar-refractivity contribution < 1.29 is 14.3 Å². The molecule has 0 fully saturated rings. The largest absolute Gasteiger partial charge is 0.497 e. The maximum atomic E-state index is 12.3. The topological polar surface area (TPSA) is 136 Å². The van der Waals surface area contributed by atoms with Gasteiger partial charge in [0.1, 0.15) is 17.4 Å². The molecule has 2 aromatic carbocycles. The Kier molecular flexibility index (Phi) is 6.75. The Hall–Kier alpha value is -4.45. The minimum atomic E-state index is -0.800. The van der Waals surface area contributed by atoms with Crippen molar-refractivity contribution in [3.63, 3.8) is 0 Å². The zero-order valence-electron chi connectivity index (χ0n) is 17.0. The Balaban J connectivity index is 1.70. The predicted octanol–water partition coefficient (Wildman–Crippen LogP) is 3.16. The lowest BCUT2D eigenvalue weighted by Gasteiger charge is -2.09. The summed E-state index contributed by atoms with van der Waals surface area (Å²) < 4.78 is 10.3. The number of aryl methyl sites for hydroxylation is 1. The van der Waals surface area contributed by atoms with Gasteiger partial charge in [0.15, 0.2) is 12.4 Å². The summed E-state index contributed by atoms with van der Waals surface area (Å²) in [6, 6.07) is 16.3. The number of nitriles is 1. The van der Waals surface area contributed by atoms with Crippen LogP contribution in [-0.2, 0) is 16.1 Å². The van der Waals surface area contributed by atoms with E-state index in [1.54, 1.807) is 31.4 Å². The Morgan fingerprint density at radius 1 is 1.16 bits per heavy atom. The number of benzene rings is 2. The maximum Gasteiger partial charge on any atom is 0.349 e. The Labute approximate surface area is 179 Å². The third-order valence-corrected chi connectivity index (χ3v) is 4.19. The van der Waals surface area contributed by atoms with Crippen molar-refractivity contribution >= 4 is 29.6 Å². The lowest BCUT2D eigenvalue weighted by molar-refractivity contribution is -0.139. The van der Waals surface area contributed by atoms with Crippen molar-refractivity contribution in [2.75, 3.05) is 18.2 Å². The summed E-state index contributed by atoms with van der Waals surface area (Å²) in [6.45, 7) is 1.67. The summed E-state index contributed by atoms with van der Waals surface area (Å²) in [7, 11) is 1.55. The molecule has 9 nitrogen and oxygen atoms in total. The summed E-state index contributed by atoms with van der Waals surface area (Å²) in [4.78, 5) is 24.6. The van der Waals surface area contributed by atoms with E-state index in [2.05, 4.69) is 20.3 Å². The number of rotatable bonds is 7. The summed E-state index contributed by atoms with van der Waals surface area (Å²) in [5.74, 6) is 0.221. The van der Waals surface area contributed by atoms with Gasteiger partial charge >= 0.3 is 5.97 Å². The lowest BCUT2D eigenvalue weighted by atomic mass is 10.1. The van der Waals surface area contributed by atoms with Gasteiger partial charge in [0.2, 0.25) is 11.9 Å². The van der Waals surface area contributed by atoms with Gasteiger partial charge in [-0.1, -0.05) is 30.3 Å². The average Bonchev–Trinajstić information content (AvgIpc) is 2.77. The number of nitrogen functional groups attached to an aromatic ring is 1. The minimum Gasteiger partial charge on any atom is -0.497 e. The van der Waals surface area contributed by atoms with Gasteiger partial charge in [-0.15, -0.1) is 0 Å². The van der Waals surface area contributed by atoms with Crippen LogP contribution in [0.5, 0.6) is 5.75 Å². The van der Waals surface area contributed by atoms with E-state index in [4.69, 9.17) is 15.2 Å². The number of anilines is 3. The van der Waals surface area contributed by atoms with Crippen molar-refractivity contribution in [3.8, 4) is 11.8 Å².